The van der Waals surface area contributed by atoms with Gasteiger partial charge in [0.25, 0.3) is 0 Å². The normalized spacial score (nSPS) is 19.3. The molecule has 0 spiro atoms. The SMILES string of the molecule is [O]C(=O)CCCN1CCOCC1. The van der Waals surface area contributed by atoms with E-state index in [-0.39, 0.29) is 6.42 Å². The van der Waals surface area contributed by atoms with Crippen molar-refractivity contribution in [1.29, 1.82) is 0 Å². The maximum atomic E-state index is 10.1. The first-order chi connectivity index (χ1) is 5.79. The summed E-state index contributed by atoms with van der Waals surface area (Å²) in [5, 5.41) is 10.1. The average Bonchev–Trinajstić information content (AvgIpc) is 2.05. The highest BCUT2D eigenvalue weighted by molar-refractivity contribution is 5.66. The van der Waals surface area contributed by atoms with Gasteiger partial charge in [-0.05, 0) is 13.0 Å². The van der Waals surface area contributed by atoms with Gasteiger partial charge < -0.3 is 4.74 Å². The Morgan fingerprint density at radius 3 is 2.58 bits per heavy atom. The van der Waals surface area contributed by atoms with Gasteiger partial charge in [-0.3, -0.25) is 4.90 Å². The van der Waals surface area contributed by atoms with E-state index in [1.807, 2.05) is 0 Å². The minimum Gasteiger partial charge on any atom is -0.379 e. The number of ether oxygens (including phenoxy) is 1. The van der Waals surface area contributed by atoms with Crippen LogP contribution in [0.4, 0.5) is 0 Å². The van der Waals surface area contributed by atoms with Crippen molar-refractivity contribution in [1.82, 2.24) is 4.90 Å². The first-order valence-corrected chi connectivity index (χ1v) is 4.29. The van der Waals surface area contributed by atoms with Crippen LogP contribution in [0.2, 0.25) is 0 Å². The molecule has 0 aromatic carbocycles. The summed E-state index contributed by atoms with van der Waals surface area (Å²) in [5.41, 5.74) is 0. The van der Waals surface area contributed by atoms with Crippen LogP contribution in [-0.2, 0) is 14.6 Å². The van der Waals surface area contributed by atoms with Gasteiger partial charge in [-0.15, -0.1) is 0 Å². The Kier molecular flexibility index (Phi) is 4.04. The van der Waals surface area contributed by atoms with E-state index >= 15 is 0 Å². The van der Waals surface area contributed by atoms with Crippen LogP contribution in [0.5, 0.6) is 0 Å². The molecular weight excluding hydrogens is 158 g/mol. The molecule has 0 saturated carbocycles. The minimum atomic E-state index is -0.955. The van der Waals surface area contributed by atoms with Gasteiger partial charge in [0.1, 0.15) is 0 Å². The lowest BCUT2D eigenvalue weighted by Gasteiger charge is -2.26. The zero-order valence-electron chi connectivity index (χ0n) is 7.12. The number of hydrogen-bond donors (Lipinski definition) is 0. The van der Waals surface area contributed by atoms with Crippen LogP contribution in [0.3, 0.4) is 0 Å². The zero-order valence-corrected chi connectivity index (χ0v) is 7.12. The molecule has 1 rings (SSSR count). The molecule has 1 heterocycles. The summed E-state index contributed by atoms with van der Waals surface area (Å²) in [7, 11) is 0. The van der Waals surface area contributed by atoms with Crippen LogP contribution in [0.15, 0.2) is 0 Å². The number of morpholine rings is 1. The monoisotopic (exact) mass is 172 g/mol. The molecule has 1 fully saturated rings. The molecule has 0 bridgehead atoms. The number of nitrogens with zero attached hydrogens (tertiary/aromatic N) is 1. The molecule has 1 aliphatic heterocycles. The maximum absolute atomic E-state index is 10.1. The summed E-state index contributed by atoms with van der Waals surface area (Å²) in [6.45, 7) is 4.23. The van der Waals surface area contributed by atoms with E-state index in [1.165, 1.54) is 0 Å². The summed E-state index contributed by atoms with van der Waals surface area (Å²) < 4.78 is 5.16. The number of hydrogen-bond acceptors (Lipinski definition) is 3. The van der Waals surface area contributed by atoms with Crippen LogP contribution in [0.25, 0.3) is 0 Å². The van der Waals surface area contributed by atoms with E-state index in [9.17, 15) is 9.90 Å². The van der Waals surface area contributed by atoms with Crippen molar-refractivity contribution >= 4 is 5.97 Å². The van der Waals surface area contributed by atoms with Crippen molar-refractivity contribution in [2.75, 3.05) is 32.8 Å². The second kappa shape index (κ2) is 5.11. The third-order valence-corrected chi connectivity index (χ3v) is 1.96. The standard InChI is InChI=1S/C8H14NO3/c10-8(11)2-1-3-9-4-6-12-7-5-9/h1-7H2. The predicted molar refractivity (Wildman–Crippen MR) is 42.2 cm³/mol. The molecular formula is C8H14NO3. The highest BCUT2D eigenvalue weighted by Crippen LogP contribution is 1.99. The van der Waals surface area contributed by atoms with Crippen molar-refractivity contribution in [2.24, 2.45) is 0 Å². The number of carbonyl (C=O) groups is 1. The van der Waals surface area contributed by atoms with Crippen molar-refractivity contribution in [3.05, 3.63) is 0 Å². The van der Waals surface area contributed by atoms with Crippen LogP contribution < -0.4 is 0 Å². The first-order valence-electron chi connectivity index (χ1n) is 4.29. The highest BCUT2D eigenvalue weighted by Gasteiger charge is 2.10. The van der Waals surface area contributed by atoms with Gasteiger partial charge in [0, 0.05) is 13.1 Å². The van der Waals surface area contributed by atoms with Crippen LogP contribution >= 0.6 is 0 Å². The molecule has 0 amide bonds. The topological polar surface area (TPSA) is 49.4 Å². The summed E-state index contributed by atoms with van der Waals surface area (Å²) in [4.78, 5) is 12.3. The van der Waals surface area contributed by atoms with E-state index in [2.05, 4.69) is 4.90 Å². The van der Waals surface area contributed by atoms with Gasteiger partial charge in [-0.2, -0.15) is 0 Å². The second-order valence-corrected chi connectivity index (χ2v) is 2.93. The molecule has 0 atom stereocenters. The van der Waals surface area contributed by atoms with Crippen LogP contribution in [0, 0.1) is 0 Å². The molecule has 0 aromatic rings. The molecule has 0 aromatic heterocycles. The van der Waals surface area contributed by atoms with Crippen molar-refractivity contribution in [3.63, 3.8) is 0 Å². The van der Waals surface area contributed by atoms with Gasteiger partial charge in [0.05, 0.1) is 19.6 Å². The second-order valence-electron chi connectivity index (χ2n) is 2.93. The molecule has 1 radical (unpaired) electrons. The Morgan fingerprint density at radius 2 is 2.00 bits per heavy atom. The quantitative estimate of drug-likeness (QED) is 0.602. The van der Waals surface area contributed by atoms with Crippen molar-refractivity contribution in [2.45, 2.75) is 12.8 Å². The average molecular weight is 172 g/mol. The Balaban J connectivity index is 2.01. The summed E-state index contributed by atoms with van der Waals surface area (Å²) in [5.74, 6) is -0.955. The fraction of sp³-hybridized carbons (Fsp3) is 0.875. The minimum absolute atomic E-state index is 0.164. The molecule has 4 nitrogen and oxygen atoms in total. The van der Waals surface area contributed by atoms with E-state index in [0.29, 0.717) is 6.42 Å². The molecule has 4 heteroatoms. The summed E-state index contributed by atoms with van der Waals surface area (Å²) in [6, 6.07) is 0. The van der Waals surface area contributed by atoms with Gasteiger partial charge in [-0.1, -0.05) is 0 Å². The molecule has 1 saturated heterocycles. The largest absolute Gasteiger partial charge is 0.379 e. The maximum Gasteiger partial charge on any atom is 0.355 e. The Bertz CT molecular complexity index is 143. The molecule has 0 aliphatic carbocycles. The Labute approximate surface area is 72.1 Å². The van der Waals surface area contributed by atoms with E-state index in [4.69, 9.17) is 4.74 Å². The molecule has 0 unspecified atom stereocenters. The fourth-order valence-corrected chi connectivity index (χ4v) is 1.27. The predicted octanol–water partition coefficient (Wildman–Crippen LogP) is 0.0559. The first kappa shape index (κ1) is 9.48. The Hall–Kier alpha value is -0.610. The lowest BCUT2D eigenvalue weighted by atomic mass is 10.3. The highest BCUT2D eigenvalue weighted by atomic mass is 16.5. The summed E-state index contributed by atoms with van der Waals surface area (Å²) >= 11 is 0. The zero-order chi connectivity index (χ0) is 8.81. The van der Waals surface area contributed by atoms with E-state index < -0.39 is 5.97 Å². The molecule has 0 N–H and O–H groups in total. The lowest BCUT2D eigenvalue weighted by molar-refractivity contribution is -0.143. The smallest absolute Gasteiger partial charge is 0.355 e. The third kappa shape index (κ3) is 3.69. The van der Waals surface area contributed by atoms with E-state index in [1.54, 1.807) is 0 Å². The van der Waals surface area contributed by atoms with Gasteiger partial charge in [0.2, 0.25) is 0 Å². The van der Waals surface area contributed by atoms with Gasteiger partial charge in [0.15, 0.2) is 0 Å². The Morgan fingerprint density at radius 1 is 1.33 bits per heavy atom. The van der Waals surface area contributed by atoms with Crippen LogP contribution in [0.1, 0.15) is 12.8 Å². The molecule has 12 heavy (non-hydrogen) atoms. The third-order valence-electron chi connectivity index (χ3n) is 1.96. The number of rotatable bonds is 4. The fourth-order valence-electron chi connectivity index (χ4n) is 1.27. The number of carbonyl (C=O) groups excluding carboxylic acids is 1. The van der Waals surface area contributed by atoms with Gasteiger partial charge >= 0.3 is 5.97 Å². The van der Waals surface area contributed by atoms with Crippen molar-refractivity contribution < 1.29 is 14.6 Å². The van der Waals surface area contributed by atoms with E-state index in [0.717, 1.165) is 32.8 Å². The summed E-state index contributed by atoms with van der Waals surface area (Å²) in [6.07, 6.45) is 0.847. The van der Waals surface area contributed by atoms with Gasteiger partial charge in [-0.25, -0.2) is 9.90 Å². The lowest BCUT2D eigenvalue weighted by Crippen LogP contribution is -2.36. The molecule has 1 aliphatic rings. The molecule has 69 valence electrons. The van der Waals surface area contributed by atoms with Crippen molar-refractivity contribution in [3.8, 4) is 0 Å². The van der Waals surface area contributed by atoms with Crippen LogP contribution in [-0.4, -0.2) is 43.7 Å².